The van der Waals surface area contributed by atoms with E-state index in [1.54, 1.807) is 37.7 Å². The first-order valence-corrected chi connectivity index (χ1v) is 9.05. The first-order chi connectivity index (χ1) is 13.2. The SMILES string of the molecule is COc1cc(C(=O)N2CCCC2)ccc1Nc1nc(Cl)cc2cnncc12. The number of fused-ring (bicyclic) bond motifs is 1. The maximum absolute atomic E-state index is 12.6. The van der Waals surface area contributed by atoms with Crippen LogP contribution in [0.2, 0.25) is 5.15 Å². The van der Waals surface area contributed by atoms with Crippen molar-refractivity contribution in [2.75, 3.05) is 25.5 Å². The van der Waals surface area contributed by atoms with E-state index < -0.39 is 0 Å². The Labute approximate surface area is 161 Å². The number of amides is 1. The average Bonchev–Trinajstić information content (AvgIpc) is 3.22. The molecule has 3 aromatic rings. The van der Waals surface area contributed by atoms with Crippen LogP contribution in [-0.2, 0) is 0 Å². The van der Waals surface area contributed by atoms with Crippen LogP contribution in [0.15, 0.2) is 36.7 Å². The molecule has 0 spiro atoms. The van der Waals surface area contributed by atoms with Gasteiger partial charge in [0.05, 0.1) is 25.2 Å². The summed E-state index contributed by atoms with van der Waals surface area (Å²) in [5.41, 5.74) is 1.29. The zero-order valence-corrected chi connectivity index (χ0v) is 15.5. The van der Waals surface area contributed by atoms with Crippen molar-refractivity contribution in [2.45, 2.75) is 12.8 Å². The molecule has 0 atom stereocenters. The molecule has 1 amide bonds. The zero-order valence-electron chi connectivity index (χ0n) is 14.8. The summed E-state index contributed by atoms with van der Waals surface area (Å²) in [4.78, 5) is 18.8. The van der Waals surface area contributed by atoms with Crippen LogP contribution in [-0.4, -0.2) is 46.2 Å². The molecule has 0 aliphatic carbocycles. The number of carbonyl (C=O) groups excluding carboxylic acids is 1. The van der Waals surface area contributed by atoms with Crippen molar-refractivity contribution in [1.29, 1.82) is 0 Å². The average molecular weight is 384 g/mol. The number of benzene rings is 1. The third-order valence-corrected chi connectivity index (χ3v) is 4.80. The number of hydrogen-bond acceptors (Lipinski definition) is 6. The van der Waals surface area contributed by atoms with Crippen LogP contribution in [0.25, 0.3) is 10.8 Å². The molecule has 1 fully saturated rings. The van der Waals surface area contributed by atoms with Gasteiger partial charge < -0.3 is 15.0 Å². The number of nitrogens with one attached hydrogen (secondary N) is 1. The Kier molecular flexibility index (Phi) is 4.77. The predicted octanol–water partition coefficient (Wildman–Crippen LogP) is 3.67. The number of hydrogen-bond donors (Lipinski definition) is 1. The fraction of sp³-hybridized carbons (Fsp3) is 0.263. The monoisotopic (exact) mass is 383 g/mol. The summed E-state index contributed by atoms with van der Waals surface area (Å²) in [5.74, 6) is 1.13. The molecule has 7 nitrogen and oxygen atoms in total. The van der Waals surface area contributed by atoms with E-state index >= 15 is 0 Å². The van der Waals surface area contributed by atoms with Crippen molar-refractivity contribution in [3.8, 4) is 5.75 Å². The topological polar surface area (TPSA) is 80.2 Å². The molecule has 138 valence electrons. The number of halogens is 1. The number of methoxy groups -OCH3 is 1. The van der Waals surface area contributed by atoms with Gasteiger partial charge in [0.25, 0.3) is 5.91 Å². The minimum atomic E-state index is 0.0268. The second kappa shape index (κ2) is 7.36. The van der Waals surface area contributed by atoms with Crippen molar-refractivity contribution < 1.29 is 9.53 Å². The molecule has 1 aliphatic heterocycles. The molecule has 4 rings (SSSR count). The summed E-state index contributed by atoms with van der Waals surface area (Å²) in [6, 6.07) is 7.07. The lowest BCUT2D eigenvalue weighted by Gasteiger charge is -2.17. The van der Waals surface area contributed by atoms with Crippen molar-refractivity contribution in [1.82, 2.24) is 20.1 Å². The molecule has 0 bridgehead atoms. The van der Waals surface area contributed by atoms with E-state index in [1.807, 2.05) is 11.0 Å². The number of carbonyl (C=O) groups is 1. The smallest absolute Gasteiger partial charge is 0.253 e. The second-order valence-corrected chi connectivity index (χ2v) is 6.71. The van der Waals surface area contributed by atoms with Gasteiger partial charge in [-0.25, -0.2) is 4.98 Å². The first kappa shape index (κ1) is 17.5. The largest absolute Gasteiger partial charge is 0.495 e. The van der Waals surface area contributed by atoms with Crippen LogP contribution >= 0.6 is 11.6 Å². The van der Waals surface area contributed by atoms with E-state index in [0.29, 0.717) is 28.0 Å². The summed E-state index contributed by atoms with van der Waals surface area (Å²) in [5, 5.41) is 13.0. The first-order valence-electron chi connectivity index (χ1n) is 8.67. The summed E-state index contributed by atoms with van der Waals surface area (Å²) < 4.78 is 5.49. The predicted molar refractivity (Wildman–Crippen MR) is 104 cm³/mol. The third-order valence-electron chi connectivity index (χ3n) is 4.60. The Hall–Kier alpha value is -2.93. The van der Waals surface area contributed by atoms with Gasteiger partial charge in [0, 0.05) is 29.4 Å². The van der Waals surface area contributed by atoms with Crippen LogP contribution in [0, 0.1) is 0 Å². The van der Waals surface area contributed by atoms with Crippen molar-refractivity contribution >= 4 is 39.8 Å². The Morgan fingerprint density at radius 1 is 1.19 bits per heavy atom. The lowest BCUT2D eigenvalue weighted by Crippen LogP contribution is -2.27. The van der Waals surface area contributed by atoms with Crippen LogP contribution < -0.4 is 10.1 Å². The minimum absolute atomic E-state index is 0.0268. The molecule has 1 aliphatic rings. The van der Waals surface area contributed by atoms with E-state index in [9.17, 15) is 4.79 Å². The molecule has 0 radical (unpaired) electrons. The van der Waals surface area contributed by atoms with Gasteiger partial charge in [-0.3, -0.25) is 4.79 Å². The molecule has 0 saturated carbocycles. The maximum Gasteiger partial charge on any atom is 0.253 e. The molecule has 0 unspecified atom stereocenters. The molecule has 1 aromatic carbocycles. The Bertz CT molecular complexity index is 1000. The van der Waals surface area contributed by atoms with Gasteiger partial charge >= 0.3 is 0 Å². The molecule has 8 heteroatoms. The summed E-state index contributed by atoms with van der Waals surface area (Å²) in [6.45, 7) is 1.61. The highest BCUT2D eigenvalue weighted by Gasteiger charge is 2.20. The van der Waals surface area contributed by atoms with Crippen LogP contribution in [0.5, 0.6) is 5.75 Å². The highest BCUT2D eigenvalue weighted by molar-refractivity contribution is 6.30. The Balaban J connectivity index is 1.67. The summed E-state index contributed by atoms with van der Waals surface area (Å²) >= 11 is 6.12. The van der Waals surface area contributed by atoms with E-state index in [1.165, 1.54) is 0 Å². The quantitative estimate of drug-likeness (QED) is 0.692. The Morgan fingerprint density at radius 2 is 1.96 bits per heavy atom. The molecule has 3 heterocycles. The van der Waals surface area contributed by atoms with Crippen LogP contribution in [0.3, 0.4) is 0 Å². The van der Waals surface area contributed by atoms with Crippen LogP contribution in [0.4, 0.5) is 11.5 Å². The van der Waals surface area contributed by atoms with Gasteiger partial charge in [-0.15, -0.1) is 0 Å². The Morgan fingerprint density at radius 3 is 2.74 bits per heavy atom. The third kappa shape index (κ3) is 3.50. The summed E-state index contributed by atoms with van der Waals surface area (Å²) in [7, 11) is 1.57. The standard InChI is InChI=1S/C19H18ClN5O2/c1-27-16-8-12(19(26)25-6-2-3-7-25)4-5-15(16)23-18-14-11-22-21-10-13(14)9-17(20)24-18/h4-5,8-11H,2-3,6-7H2,1H3,(H,23,24). The van der Waals surface area contributed by atoms with Gasteiger partial charge in [0.1, 0.15) is 16.7 Å². The molecule has 1 N–H and O–H groups in total. The highest BCUT2D eigenvalue weighted by atomic mass is 35.5. The van der Waals surface area contributed by atoms with Crippen molar-refractivity contribution in [2.24, 2.45) is 0 Å². The molecule has 1 saturated heterocycles. The van der Waals surface area contributed by atoms with E-state index in [4.69, 9.17) is 16.3 Å². The number of aromatic nitrogens is 3. The highest BCUT2D eigenvalue weighted by Crippen LogP contribution is 2.32. The van der Waals surface area contributed by atoms with Crippen LogP contribution in [0.1, 0.15) is 23.2 Å². The van der Waals surface area contributed by atoms with Gasteiger partial charge in [-0.1, -0.05) is 11.6 Å². The number of anilines is 2. The van der Waals surface area contributed by atoms with Gasteiger partial charge in [-0.2, -0.15) is 10.2 Å². The lowest BCUT2D eigenvalue weighted by atomic mass is 10.1. The number of ether oxygens (including phenoxy) is 1. The van der Waals surface area contributed by atoms with Crippen molar-refractivity contribution in [3.05, 3.63) is 47.4 Å². The fourth-order valence-electron chi connectivity index (χ4n) is 3.22. The van der Waals surface area contributed by atoms with Gasteiger partial charge in [0.15, 0.2) is 0 Å². The number of pyridine rings is 1. The zero-order chi connectivity index (χ0) is 18.8. The second-order valence-electron chi connectivity index (χ2n) is 6.32. The molecule has 2 aromatic heterocycles. The van der Waals surface area contributed by atoms with E-state index in [0.717, 1.165) is 36.7 Å². The normalized spacial score (nSPS) is 13.8. The fourth-order valence-corrected chi connectivity index (χ4v) is 3.43. The van der Waals surface area contributed by atoms with Gasteiger partial charge in [0.2, 0.25) is 0 Å². The van der Waals surface area contributed by atoms with Gasteiger partial charge in [-0.05, 0) is 37.1 Å². The number of likely N-dealkylation sites (tertiary alicyclic amines) is 1. The van der Waals surface area contributed by atoms with E-state index in [2.05, 4.69) is 20.5 Å². The number of rotatable bonds is 4. The maximum atomic E-state index is 12.6. The number of nitrogens with zero attached hydrogens (tertiary/aromatic N) is 4. The van der Waals surface area contributed by atoms with Crippen molar-refractivity contribution in [3.63, 3.8) is 0 Å². The van der Waals surface area contributed by atoms with E-state index in [-0.39, 0.29) is 5.91 Å². The summed E-state index contributed by atoms with van der Waals surface area (Å²) in [6.07, 6.45) is 5.36. The molecular weight excluding hydrogens is 366 g/mol. The molecule has 27 heavy (non-hydrogen) atoms. The lowest BCUT2D eigenvalue weighted by molar-refractivity contribution is 0.0792. The minimum Gasteiger partial charge on any atom is -0.495 e. The molecular formula is C19H18ClN5O2.